The molecule has 0 aromatic heterocycles. The highest BCUT2D eigenvalue weighted by Crippen LogP contribution is 2.38. The molecule has 1 amide bonds. The topological polar surface area (TPSA) is 46.6 Å². The van der Waals surface area contributed by atoms with Gasteiger partial charge in [0.05, 0.1) is 22.8 Å². The lowest BCUT2D eigenvalue weighted by Gasteiger charge is -2.18. The molecule has 2 aromatic rings. The molecule has 0 aliphatic carbocycles. The maximum Gasteiger partial charge on any atom is 0.299 e. The first-order chi connectivity index (χ1) is 11.0. The van der Waals surface area contributed by atoms with Crippen LogP contribution in [0.5, 0.6) is 5.75 Å². The molecule has 0 spiro atoms. The number of carbonyl (C=O) groups is 2. The van der Waals surface area contributed by atoms with Crippen LogP contribution in [-0.4, -0.2) is 24.8 Å². The zero-order valence-electron chi connectivity index (χ0n) is 12.3. The minimum atomic E-state index is -0.614. The number of amides is 1. The molecule has 4 nitrogen and oxygen atoms in total. The van der Waals surface area contributed by atoms with Crippen LogP contribution in [0.25, 0.3) is 0 Å². The summed E-state index contributed by atoms with van der Waals surface area (Å²) >= 11 is 12.0. The summed E-state index contributed by atoms with van der Waals surface area (Å²) in [4.78, 5) is 25.5. The number of fused-ring (bicyclic) bond motifs is 1. The minimum absolute atomic E-state index is 0.229. The number of anilines is 1. The Hall–Kier alpha value is -2.04. The molecule has 3 rings (SSSR count). The van der Waals surface area contributed by atoms with E-state index in [1.807, 2.05) is 31.2 Å². The second-order valence-electron chi connectivity index (χ2n) is 5.23. The van der Waals surface area contributed by atoms with E-state index in [9.17, 15) is 9.59 Å². The van der Waals surface area contributed by atoms with Crippen molar-refractivity contribution in [3.63, 3.8) is 0 Å². The average molecular weight is 350 g/mol. The molecule has 0 atom stereocenters. The molecular weight excluding hydrogens is 337 g/mol. The van der Waals surface area contributed by atoms with Crippen LogP contribution in [0.3, 0.4) is 0 Å². The number of ether oxygens (including phenoxy) is 1. The van der Waals surface area contributed by atoms with E-state index >= 15 is 0 Å². The summed E-state index contributed by atoms with van der Waals surface area (Å²) in [5, 5.41) is 0.606. The minimum Gasteiger partial charge on any atom is -0.492 e. The summed E-state index contributed by atoms with van der Waals surface area (Å²) < 4.78 is 5.61. The fraction of sp³-hybridized carbons (Fsp3) is 0.176. The number of aryl methyl sites for hydroxylation is 1. The van der Waals surface area contributed by atoms with Gasteiger partial charge in [0.2, 0.25) is 0 Å². The van der Waals surface area contributed by atoms with Crippen LogP contribution >= 0.6 is 23.2 Å². The Morgan fingerprint density at radius 3 is 2.48 bits per heavy atom. The summed E-state index contributed by atoms with van der Waals surface area (Å²) in [6, 6.07) is 10.6. The molecule has 2 aromatic carbocycles. The van der Waals surface area contributed by atoms with Crippen molar-refractivity contribution in [3.8, 4) is 5.75 Å². The summed E-state index contributed by atoms with van der Waals surface area (Å²) in [5.74, 6) is -0.507. The second kappa shape index (κ2) is 6.22. The number of ketones is 1. The Morgan fingerprint density at radius 1 is 1.09 bits per heavy atom. The van der Waals surface area contributed by atoms with Gasteiger partial charge in [0.1, 0.15) is 12.4 Å². The molecular formula is C17H13Cl2NO3. The van der Waals surface area contributed by atoms with E-state index in [1.165, 1.54) is 17.0 Å². The van der Waals surface area contributed by atoms with E-state index in [1.54, 1.807) is 0 Å². The zero-order valence-corrected chi connectivity index (χ0v) is 13.8. The van der Waals surface area contributed by atoms with Crippen LogP contribution in [0, 0.1) is 6.92 Å². The van der Waals surface area contributed by atoms with E-state index in [-0.39, 0.29) is 23.7 Å². The van der Waals surface area contributed by atoms with Crippen molar-refractivity contribution < 1.29 is 14.3 Å². The molecule has 0 radical (unpaired) electrons. The van der Waals surface area contributed by atoms with Crippen LogP contribution < -0.4 is 9.64 Å². The van der Waals surface area contributed by atoms with E-state index in [2.05, 4.69) is 0 Å². The Balaban J connectivity index is 1.75. The lowest BCUT2D eigenvalue weighted by Crippen LogP contribution is -2.33. The van der Waals surface area contributed by atoms with Gasteiger partial charge in [0.15, 0.2) is 0 Å². The summed E-state index contributed by atoms with van der Waals surface area (Å²) in [6.45, 7) is 2.47. The van der Waals surface area contributed by atoms with Gasteiger partial charge in [0, 0.05) is 5.02 Å². The predicted molar refractivity (Wildman–Crippen MR) is 89.8 cm³/mol. The van der Waals surface area contributed by atoms with E-state index < -0.39 is 11.7 Å². The molecule has 118 valence electrons. The highest BCUT2D eigenvalue weighted by atomic mass is 35.5. The molecule has 6 heteroatoms. The van der Waals surface area contributed by atoms with Gasteiger partial charge in [-0.05, 0) is 31.2 Å². The molecule has 23 heavy (non-hydrogen) atoms. The Morgan fingerprint density at radius 2 is 1.78 bits per heavy atom. The average Bonchev–Trinajstić information content (AvgIpc) is 2.74. The van der Waals surface area contributed by atoms with E-state index in [0.29, 0.717) is 16.5 Å². The van der Waals surface area contributed by atoms with E-state index in [0.717, 1.165) is 5.56 Å². The van der Waals surface area contributed by atoms with Crippen LogP contribution in [0.1, 0.15) is 15.9 Å². The van der Waals surface area contributed by atoms with Crippen LogP contribution in [0.15, 0.2) is 36.4 Å². The van der Waals surface area contributed by atoms with Gasteiger partial charge in [-0.1, -0.05) is 40.9 Å². The van der Waals surface area contributed by atoms with Crippen molar-refractivity contribution in [3.05, 3.63) is 57.6 Å². The fourth-order valence-corrected chi connectivity index (χ4v) is 3.05. The molecule has 0 fully saturated rings. The van der Waals surface area contributed by atoms with Crippen LogP contribution in [0.2, 0.25) is 10.0 Å². The Labute approximate surface area is 143 Å². The summed E-state index contributed by atoms with van der Waals surface area (Å²) in [7, 11) is 0. The van der Waals surface area contributed by atoms with Crippen LogP contribution in [0.4, 0.5) is 5.69 Å². The summed E-state index contributed by atoms with van der Waals surface area (Å²) in [5.41, 5.74) is 1.77. The third kappa shape index (κ3) is 3.05. The number of hydrogen-bond donors (Lipinski definition) is 0. The van der Waals surface area contributed by atoms with Gasteiger partial charge in [0.25, 0.3) is 11.7 Å². The number of benzene rings is 2. The van der Waals surface area contributed by atoms with Crippen LogP contribution in [-0.2, 0) is 4.79 Å². The third-order valence-electron chi connectivity index (χ3n) is 3.59. The Bertz CT molecular complexity index is 787. The van der Waals surface area contributed by atoms with Gasteiger partial charge in [-0.25, -0.2) is 0 Å². The first kappa shape index (κ1) is 15.8. The highest BCUT2D eigenvalue weighted by molar-refractivity contribution is 6.54. The maximum absolute atomic E-state index is 12.1. The lowest BCUT2D eigenvalue weighted by molar-refractivity contribution is -0.114. The van der Waals surface area contributed by atoms with Crippen molar-refractivity contribution >= 4 is 40.6 Å². The SMILES string of the molecule is Cc1ccc(OCCN2C(=O)C(=O)c3cc(Cl)cc(Cl)c32)cc1. The van der Waals surface area contributed by atoms with Gasteiger partial charge >= 0.3 is 0 Å². The number of halogens is 2. The van der Waals surface area contributed by atoms with Gasteiger partial charge < -0.3 is 4.74 Å². The number of nitrogens with zero attached hydrogens (tertiary/aromatic N) is 1. The van der Waals surface area contributed by atoms with Crippen molar-refractivity contribution in [1.29, 1.82) is 0 Å². The maximum atomic E-state index is 12.1. The van der Waals surface area contributed by atoms with Gasteiger partial charge in [-0.2, -0.15) is 0 Å². The third-order valence-corrected chi connectivity index (χ3v) is 4.09. The molecule has 0 saturated heterocycles. The molecule has 1 aliphatic rings. The molecule has 0 N–H and O–H groups in total. The normalized spacial score (nSPS) is 13.4. The highest BCUT2D eigenvalue weighted by Gasteiger charge is 2.37. The first-order valence-corrected chi connectivity index (χ1v) is 7.77. The van der Waals surface area contributed by atoms with Crippen molar-refractivity contribution in [2.24, 2.45) is 0 Å². The molecule has 1 aliphatic heterocycles. The van der Waals surface area contributed by atoms with Gasteiger partial charge in [-0.15, -0.1) is 0 Å². The smallest absolute Gasteiger partial charge is 0.299 e. The summed E-state index contributed by atoms with van der Waals surface area (Å²) in [6.07, 6.45) is 0. The molecule has 0 unspecified atom stereocenters. The molecule has 0 saturated carbocycles. The zero-order chi connectivity index (χ0) is 16.6. The molecule has 1 heterocycles. The molecule has 0 bridgehead atoms. The van der Waals surface area contributed by atoms with Gasteiger partial charge in [-0.3, -0.25) is 14.5 Å². The number of carbonyl (C=O) groups excluding carboxylic acids is 2. The predicted octanol–water partition coefficient (Wildman–Crippen LogP) is 3.91. The number of rotatable bonds is 4. The quantitative estimate of drug-likeness (QED) is 0.786. The Kier molecular flexibility index (Phi) is 4.28. The van der Waals surface area contributed by atoms with E-state index in [4.69, 9.17) is 27.9 Å². The number of hydrogen-bond acceptors (Lipinski definition) is 3. The van der Waals surface area contributed by atoms with Crippen molar-refractivity contribution in [1.82, 2.24) is 0 Å². The number of Topliss-reactive ketones (excluding diaryl/α,β-unsaturated/α-hetero) is 1. The second-order valence-corrected chi connectivity index (χ2v) is 6.07. The fourth-order valence-electron chi connectivity index (χ4n) is 2.46. The van der Waals surface area contributed by atoms with Crippen molar-refractivity contribution in [2.75, 3.05) is 18.1 Å². The first-order valence-electron chi connectivity index (χ1n) is 7.02. The largest absolute Gasteiger partial charge is 0.492 e. The standard InChI is InChI=1S/C17H13Cl2NO3/c1-10-2-4-12(5-3-10)23-7-6-20-15-13(16(21)17(20)22)8-11(18)9-14(15)19/h2-5,8-9H,6-7H2,1H3. The lowest BCUT2D eigenvalue weighted by atomic mass is 10.1. The van der Waals surface area contributed by atoms with Crippen molar-refractivity contribution in [2.45, 2.75) is 6.92 Å². The monoisotopic (exact) mass is 349 g/mol.